The molecule has 1 saturated heterocycles. The lowest BCUT2D eigenvalue weighted by atomic mass is 9.48. The van der Waals surface area contributed by atoms with Crippen molar-refractivity contribution in [3.63, 3.8) is 0 Å². The number of halogens is 1. The van der Waals surface area contributed by atoms with Gasteiger partial charge in [-0.05, 0) is 43.4 Å². The highest BCUT2D eigenvalue weighted by atomic mass is 127. The van der Waals surface area contributed by atoms with Crippen molar-refractivity contribution in [2.75, 3.05) is 26.7 Å². The van der Waals surface area contributed by atoms with Gasteiger partial charge >= 0.3 is 0 Å². The van der Waals surface area contributed by atoms with E-state index >= 15 is 0 Å². The van der Waals surface area contributed by atoms with Gasteiger partial charge in [-0.25, -0.2) is 0 Å². The maximum Gasteiger partial charge on any atom is 0.174 e. The molecule has 1 N–H and O–H groups in total. The number of nitrogens with zero attached hydrogens (tertiary/aromatic N) is 1. The summed E-state index contributed by atoms with van der Waals surface area (Å²) in [5, 5.41) is 10.7. The molecule has 0 amide bonds. The normalized spacial score (nSPS) is 34.7. The van der Waals surface area contributed by atoms with Gasteiger partial charge in [-0.1, -0.05) is 36.4 Å². The van der Waals surface area contributed by atoms with Gasteiger partial charge in [-0.2, -0.15) is 0 Å². The molecule has 182 valence electrons. The van der Waals surface area contributed by atoms with Crippen molar-refractivity contribution < 1.29 is 47.8 Å². The standard InChI is InChI=1S/C28H33NO4.HI/c1-3-29(2)16-15-27-24-20-11-12-21(30)25(24)33-26(27)22(31)13-14-28(27,23(29)18-20)32-17-7-10-19-8-5-4-6-9-19;/h4-6,8-9,11-12,23,26H,3,7,10,13-18H2,1-2H3;1H/t23?,26?,27-,28+,29-;/m0./s1. The zero-order chi connectivity index (χ0) is 22.8. The Morgan fingerprint density at radius 3 is 2.74 bits per heavy atom. The summed E-state index contributed by atoms with van der Waals surface area (Å²) in [5.74, 6) is 0.851. The molecular formula is C28H34INO4. The summed E-state index contributed by atoms with van der Waals surface area (Å²) in [5.41, 5.74) is 2.69. The van der Waals surface area contributed by atoms with E-state index in [4.69, 9.17) is 9.47 Å². The number of likely N-dealkylation sites (N-methyl/N-ethyl adjacent to an activating group) is 1. The van der Waals surface area contributed by atoms with Crippen LogP contribution in [0.25, 0.3) is 0 Å². The van der Waals surface area contributed by atoms with Crippen molar-refractivity contribution in [3.05, 3.63) is 59.2 Å². The zero-order valence-corrected chi connectivity index (χ0v) is 22.2. The fraction of sp³-hybridized carbons (Fsp3) is 0.536. The lowest BCUT2D eigenvalue weighted by Gasteiger charge is -2.65. The Morgan fingerprint density at radius 1 is 1.18 bits per heavy atom. The molecule has 2 aromatic carbocycles. The first kappa shape index (κ1) is 24.1. The highest BCUT2D eigenvalue weighted by Crippen LogP contribution is 2.66. The van der Waals surface area contributed by atoms with Crippen LogP contribution in [0.5, 0.6) is 11.5 Å². The lowest BCUT2D eigenvalue weighted by molar-refractivity contribution is -0.947. The van der Waals surface area contributed by atoms with Crippen molar-refractivity contribution in [1.82, 2.24) is 0 Å². The summed E-state index contributed by atoms with van der Waals surface area (Å²) in [6.45, 7) is 4.98. The molecule has 34 heavy (non-hydrogen) atoms. The SMILES string of the molecule is CC[N@@+]1(C)CC[C@]23c4c5ccc(O)c4OC2C(=O)CC[C@@]3(OCCCc2ccccc2)C1C5.[I-]. The first-order valence-corrected chi connectivity index (χ1v) is 12.5. The number of ether oxygens (including phenoxy) is 2. The van der Waals surface area contributed by atoms with Crippen LogP contribution in [0, 0.1) is 0 Å². The van der Waals surface area contributed by atoms with Gasteiger partial charge in [-0.15, -0.1) is 0 Å². The third-order valence-electron chi connectivity index (χ3n) is 9.40. The van der Waals surface area contributed by atoms with Crippen LogP contribution < -0.4 is 28.7 Å². The molecule has 2 unspecified atom stereocenters. The van der Waals surface area contributed by atoms with Crippen molar-refractivity contribution in [2.24, 2.45) is 0 Å². The third-order valence-corrected chi connectivity index (χ3v) is 9.40. The molecule has 0 radical (unpaired) electrons. The zero-order valence-electron chi connectivity index (χ0n) is 20.1. The number of Topliss-reactive ketones (excluding diaryl/α,β-unsaturated/α-hetero) is 1. The van der Waals surface area contributed by atoms with Gasteiger partial charge in [0.1, 0.15) is 11.6 Å². The highest BCUT2D eigenvalue weighted by molar-refractivity contribution is 5.90. The molecular weight excluding hydrogens is 541 g/mol. The number of ketones is 1. The smallest absolute Gasteiger partial charge is 0.174 e. The van der Waals surface area contributed by atoms with Crippen LogP contribution in [0.2, 0.25) is 0 Å². The molecule has 1 saturated carbocycles. The Bertz CT molecular complexity index is 1110. The molecule has 0 aromatic heterocycles. The van der Waals surface area contributed by atoms with Gasteiger partial charge < -0.3 is 43.0 Å². The number of carbonyl (C=O) groups is 1. The molecule has 2 aliphatic heterocycles. The van der Waals surface area contributed by atoms with E-state index in [1.807, 2.05) is 0 Å². The number of piperidine rings is 1. The van der Waals surface area contributed by atoms with Gasteiger partial charge in [0.25, 0.3) is 0 Å². The summed E-state index contributed by atoms with van der Waals surface area (Å²) in [7, 11) is 2.36. The molecule has 5 nitrogen and oxygen atoms in total. The average Bonchev–Trinajstić information content (AvgIpc) is 3.20. The number of phenols is 1. The van der Waals surface area contributed by atoms with Crippen LogP contribution in [-0.2, 0) is 27.8 Å². The number of likely N-dealkylation sites (tertiary alicyclic amines) is 1. The number of hydrogen-bond donors (Lipinski definition) is 1. The number of aryl methyl sites for hydroxylation is 1. The third kappa shape index (κ3) is 3.07. The molecule has 2 fully saturated rings. The maximum atomic E-state index is 13.3. The van der Waals surface area contributed by atoms with E-state index in [1.165, 1.54) is 11.1 Å². The first-order chi connectivity index (χ1) is 16.0. The summed E-state index contributed by atoms with van der Waals surface area (Å²) < 4.78 is 14.4. The number of phenolic OH excluding ortho intramolecular Hbond substituents is 1. The largest absolute Gasteiger partial charge is 1.00 e. The fourth-order valence-electron chi connectivity index (χ4n) is 7.64. The Morgan fingerprint density at radius 2 is 1.97 bits per heavy atom. The summed E-state index contributed by atoms with van der Waals surface area (Å²) >= 11 is 0. The molecule has 2 bridgehead atoms. The Hall–Kier alpha value is -1.64. The molecule has 2 heterocycles. The van der Waals surface area contributed by atoms with Crippen molar-refractivity contribution in [2.45, 2.75) is 68.6 Å². The number of carbonyl (C=O) groups excluding carboxylic acids is 1. The molecule has 1 spiro atoms. The molecule has 6 heteroatoms. The van der Waals surface area contributed by atoms with E-state index in [0.717, 1.165) is 55.2 Å². The van der Waals surface area contributed by atoms with Crippen LogP contribution in [0.1, 0.15) is 49.3 Å². The second-order valence-electron chi connectivity index (χ2n) is 10.7. The number of quaternary nitrogens is 1. The molecule has 2 aromatic rings. The van der Waals surface area contributed by atoms with Crippen molar-refractivity contribution >= 4 is 5.78 Å². The number of rotatable bonds is 6. The average molecular weight is 575 g/mol. The lowest BCUT2D eigenvalue weighted by Crippen LogP contribution is -3.00. The van der Waals surface area contributed by atoms with Crippen LogP contribution in [0.3, 0.4) is 0 Å². The Balaban J connectivity index is 0.00000241. The number of aromatic hydroxyl groups is 1. The minimum absolute atomic E-state index is 0. The quantitative estimate of drug-likeness (QED) is 0.317. The predicted octanol–water partition coefficient (Wildman–Crippen LogP) is 0.941. The number of benzene rings is 2. The second kappa shape index (κ2) is 8.49. The summed E-state index contributed by atoms with van der Waals surface area (Å²) in [4.78, 5) is 13.3. The van der Waals surface area contributed by atoms with E-state index in [0.29, 0.717) is 18.8 Å². The van der Waals surface area contributed by atoms with Crippen LogP contribution >= 0.6 is 0 Å². The molecule has 4 aliphatic rings. The Labute approximate surface area is 219 Å². The summed E-state index contributed by atoms with van der Waals surface area (Å²) in [6, 6.07) is 14.6. The molecule has 5 atom stereocenters. The van der Waals surface area contributed by atoms with Gasteiger partial charge in [0.2, 0.25) is 0 Å². The predicted molar refractivity (Wildman–Crippen MR) is 126 cm³/mol. The Kier molecular flexibility index (Phi) is 6.01. The van der Waals surface area contributed by atoms with Crippen LogP contribution in [0.15, 0.2) is 42.5 Å². The van der Waals surface area contributed by atoms with Crippen molar-refractivity contribution in [3.8, 4) is 11.5 Å². The molecule has 6 rings (SSSR count). The minimum atomic E-state index is -0.546. The fourth-order valence-corrected chi connectivity index (χ4v) is 7.64. The van der Waals surface area contributed by atoms with E-state index in [1.54, 1.807) is 6.07 Å². The van der Waals surface area contributed by atoms with Gasteiger partial charge in [0, 0.05) is 31.4 Å². The number of hydrogen-bond acceptors (Lipinski definition) is 4. The van der Waals surface area contributed by atoms with E-state index in [9.17, 15) is 9.90 Å². The summed E-state index contributed by atoms with van der Waals surface area (Å²) in [6.07, 6.45) is 4.36. The monoisotopic (exact) mass is 575 g/mol. The first-order valence-electron chi connectivity index (χ1n) is 12.5. The van der Waals surface area contributed by atoms with Crippen LogP contribution in [-0.4, -0.2) is 59.9 Å². The van der Waals surface area contributed by atoms with Gasteiger partial charge in [0.15, 0.2) is 23.4 Å². The van der Waals surface area contributed by atoms with Crippen LogP contribution in [0.4, 0.5) is 0 Å². The highest BCUT2D eigenvalue weighted by Gasteiger charge is 2.77. The maximum absolute atomic E-state index is 13.3. The van der Waals surface area contributed by atoms with E-state index in [-0.39, 0.29) is 41.6 Å². The van der Waals surface area contributed by atoms with E-state index in [2.05, 4.69) is 50.4 Å². The molecule has 2 aliphatic carbocycles. The minimum Gasteiger partial charge on any atom is -1.00 e. The van der Waals surface area contributed by atoms with Gasteiger partial charge in [-0.3, -0.25) is 4.79 Å². The second-order valence-corrected chi connectivity index (χ2v) is 10.7. The van der Waals surface area contributed by atoms with Crippen molar-refractivity contribution in [1.29, 1.82) is 0 Å². The van der Waals surface area contributed by atoms with Gasteiger partial charge in [0.05, 0.1) is 25.6 Å². The topological polar surface area (TPSA) is 55.8 Å². The van der Waals surface area contributed by atoms with E-state index < -0.39 is 17.1 Å².